The van der Waals surface area contributed by atoms with E-state index >= 15 is 0 Å². The summed E-state index contributed by atoms with van der Waals surface area (Å²) in [6, 6.07) is 4.42. The van der Waals surface area contributed by atoms with Crippen LogP contribution in [-0.4, -0.2) is 21.5 Å². The molecule has 1 aromatic heterocycles. The van der Waals surface area contributed by atoms with Crippen molar-refractivity contribution in [2.75, 3.05) is 0 Å². The number of thiazole rings is 1. The molecule has 1 atom stereocenters. The van der Waals surface area contributed by atoms with E-state index in [2.05, 4.69) is 10.3 Å². The first-order chi connectivity index (χ1) is 11.0. The van der Waals surface area contributed by atoms with Gasteiger partial charge in [-0.2, -0.15) is 13.2 Å². The molecule has 0 radical (unpaired) electrons. The Balaban J connectivity index is 2.23. The standard InChI is InChI=1S/C16H17F3N2O2S/c1-15(2,3)21-13(23)11-8-24-14(20-11)12(22)9-5-4-6-10(7-9)16(17,18)19/h4-8,12,22H,1-3H3,(H,21,23). The highest BCUT2D eigenvalue weighted by molar-refractivity contribution is 7.09. The van der Waals surface area contributed by atoms with Gasteiger partial charge in [-0.1, -0.05) is 12.1 Å². The second-order valence-corrected chi connectivity index (χ2v) is 7.19. The normalized spacial score (nSPS) is 13.6. The summed E-state index contributed by atoms with van der Waals surface area (Å²) < 4.78 is 38.3. The first-order valence-electron chi connectivity index (χ1n) is 7.10. The Hall–Kier alpha value is -1.93. The Morgan fingerprint density at radius 1 is 1.29 bits per heavy atom. The second-order valence-electron chi connectivity index (χ2n) is 6.30. The predicted molar refractivity (Wildman–Crippen MR) is 84.8 cm³/mol. The number of carbonyl (C=O) groups is 1. The average Bonchev–Trinajstić information content (AvgIpc) is 2.94. The molecule has 0 aliphatic rings. The fraction of sp³-hybridized carbons (Fsp3) is 0.375. The van der Waals surface area contributed by atoms with Gasteiger partial charge in [-0.25, -0.2) is 4.98 Å². The van der Waals surface area contributed by atoms with Crippen LogP contribution < -0.4 is 5.32 Å². The molecule has 0 bridgehead atoms. The number of aliphatic hydroxyl groups excluding tert-OH is 1. The number of amides is 1. The van der Waals surface area contributed by atoms with Crippen LogP contribution in [0.2, 0.25) is 0 Å². The van der Waals surface area contributed by atoms with Gasteiger partial charge in [0.25, 0.3) is 5.91 Å². The van der Waals surface area contributed by atoms with Crippen molar-refractivity contribution in [3.63, 3.8) is 0 Å². The van der Waals surface area contributed by atoms with E-state index in [1.807, 2.05) is 20.8 Å². The van der Waals surface area contributed by atoms with Crippen LogP contribution in [0.5, 0.6) is 0 Å². The van der Waals surface area contributed by atoms with Gasteiger partial charge in [-0.15, -0.1) is 11.3 Å². The van der Waals surface area contributed by atoms with Crippen molar-refractivity contribution >= 4 is 17.2 Å². The number of alkyl halides is 3. The Kier molecular flexibility index (Phi) is 5.00. The summed E-state index contributed by atoms with van der Waals surface area (Å²) >= 11 is 1.02. The number of nitrogens with one attached hydrogen (secondary N) is 1. The fourth-order valence-electron chi connectivity index (χ4n) is 1.95. The molecule has 4 nitrogen and oxygen atoms in total. The SMILES string of the molecule is CC(C)(C)NC(=O)c1csc(C(O)c2cccc(C(F)(F)F)c2)n1. The zero-order chi connectivity index (χ0) is 18.1. The zero-order valence-electron chi connectivity index (χ0n) is 13.3. The van der Waals surface area contributed by atoms with Crippen molar-refractivity contribution in [2.24, 2.45) is 0 Å². The number of aromatic nitrogens is 1. The number of nitrogens with zero attached hydrogens (tertiary/aromatic N) is 1. The molecule has 1 amide bonds. The van der Waals surface area contributed by atoms with E-state index < -0.39 is 29.3 Å². The van der Waals surface area contributed by atoms with E-state index in [0.717, 1.165) is 23.5 Å². The van der Waals surface area contributed by atoms with E-state index in [1.165, 1.54) is 17.5 Å². The van der Waals surface area contributed by atoms with Crippen LogP contribution >= 0.6 is 11.3 Å². The third-order valence-electron chi connectivity index (χ3n) is 3.01. The van der Waals surface area contributed by atoms with Crippen molar-refractivity contribution in [1.29, 1.82) is 0 Å². The molecule has 130 valence electrons. The molecule has 0 aliphatic carbocycles. The van der Waals surface area contributed by atoms with Gasteiger partial charge in [0, 0.05) is 10.9 Å². The van der Waals surface area contributed by atoms with Gasteiger partial charge >= 0.3 is 6.18 Å². The molecular formula is C16H17F3N2O2S. The molecule has 0 spiro atoms. The molecule has 8 heteroatoms. The summed E-state index contributed by atoms with van der Waals surface area (Å²) in [4.78, 5) is 16.1. The number of aliphatic hydroxyl groups is 1. The van der Waals surface area contributed by atoms with Gasteiger partial charge in [-0.3, -0.25) is 4.79 Å². The number of benzene rings is 1. The van der Waals surface area contributed by atoms with Crippen molar-refractivity contribution in [3.8, 4) is 0 Å². The lowest BCUT2D eigenvalue weighted by atomic mass is 10.1. The number of rotatable bonds is 3. The minimum atomic E-state index is -4.49. The van der Waals surface area contributed by atoms with Crippen molar-refractivity contribution in [3.05, 3.63) is 51.5 Å². The lowest BCUT2D eigenvalue weighted by Crippen LogP contribution is -2.40. The average molecular weight is 358 g/mol. The first-order valence-corrected chi connectivity index (χ1v) is 7.98. The Morgan fingerprint density at radius 3 is 2.54 bits per heavy atom. The quantitative estimate of drug-likeness (QED) is 0.878. The third-order valence-corrected chi connectivity index (χ3v) is 3.90. The molecule has 1 aromatic carbocycles. The number of carbonyl (C=O) groups excluding carboxylic acids is 1. The molecule has 0 saturated carbocycles. The summed E-state index contributed by atoms with van der Waals surface area (Å²) in [6.07, 6.45) is -5.82. The molecule has 24 heavy (non-hydrogen) atoms. The molecule has 1 heterocycles. The van der Waals surface area contributed by atoms with Crippen LogP contribution in [0, 0.1) is 0 Å². The van der Waals surface area contributed by atoms with Crippen LogP contribution in [-0.2, 0) is 6.18 Å². The maximum Gasteiger partial charge on any atom is 0.416 e. The zero-order valence-corrected chi connectivity index (χ0v) is 14.1. The van der Waals surface area contributed by atoms with E-state index in [9.17, 15) is 23.1 Å². The number of halogens is 3. The highest BCUT2D eigenvalue weighted by Gasteiger charge is 2.31. The van der Waals surface area contributed by atoms with Crippen LogP contribution in [0.25, 0.3) is 0 Å². The second kappa shape index (κ2) is 6.52. The number of hydrogen-bond donors (Lipinski definition) is 2. The van der Waals surface area contributed by atoms with Gasteiger partial charge in [0.05, 0.1) is 5.56 Å². The third kappa shape index (κ3) is 4.55. The van der Waals surface area contributed by atoms with Crippen molar-refractivity contribution in [1.82, 2.24) is 10.3 Å². The Bertz CT molecular complexity index is 735. The van der Waals surface area contributed by atoms with Gasteiger partial charge in [0.2, 0.25) is 0 Å². The van der Waals surface area contributed by atoms with Gasteiger partial charge in [-0.05, 0) is 38.5 Å². The largest absolute Gasteiger partial charge is 0.416 e. The summed E-state index contributed by atoms with van der Waals surface area (Å²) in [5.74, 6) is -0.402. The Morgan fingerprint density at radius 2 is 1.96 bits per heavy atom. The molecule has 2 N–H and O–H groups in total. The minimum absolute atomic E-state index is 0.0713. The maximum atomic E-state index is 12.8. The van der Waals surface area contributed by atoms with Crippen LogP contribution in [0.4, 0.5) is 13.2 Å². The minimum Gasteiger partial charge on any atom is -0.381 e. The van der Waals surface area contributed by atoms with Gasteiger partial charge in [0.1, 0.15) is 16.8 Å². The van der Waals surface area contributed by atoms with Crippen LogP contribution in [0.1, 0.15) is 53.5 Å². The highest BCUT2D eigenvalue weighted by atomic mass is 32.1. The Labute approximate surface area is 141 Å². The smallest absolute Gasteiger partial charge is 0.381 e. The topological polar surface area (TPSA) is 62.2 Å². The predicted octanol–water partition coefficient (Wildman–Crippen LogP) is 3.77. The summed E-state index contributed by atoms with van der Waals surface area (Å²) in [6.45, 7) is 5.45. The van der Waals surface area contributed by atoms with Crippen LogP contribution in [0.15, 0.2) is 29.6 Å². The van der Waals surface area contributed by atoms with Crippen molar-refractivity contribution in [2.45, 2.75) is 38.6 Å². The van der Waals surface area contributed by atoms with Gasteiger partial charge in [0.15, 0.2) is 0 Å². The molecule has 1 unspecified atom stereocenters. The molecular weight excluding hydrogens is 341 g/mol. The van der Waals surface area contributed by atoms with Crippen molar-refractivity contribution < 1.29 is 23.1 Å². The highest BCUT2D eigenvalue weighted by Crippen LogP contribution is 2.32. The van der Waals surface area contributed by atoms with E-state index in [1.54, 1.807) is 0 Å². The number of hydrogen-bond acceptors (Lipinski definition) is 4. The molecule has 0 saturated heterocycles. The molecule has 0 fully saturated rings. The summed E-state index contributed by atoms with van der Waals surface area (Å²) in [5, 5.41) is 14.6. The van der Waals surface area contributed by atoms with Crippen LogP contribution in [0.3, 0.4) is 0 Å². The molecule has 0 aliphatic heterocycles. The first kappa shape index (κ1) is 18.4. The lowest BCUT2D eigenvalue weighted by molar-refractivity contribution is -0.137. The van der Waals surface area contributed by atoms with E-state index in [-0.39, 0.29) is 16.3 Å². The van der Waals surface area contributed by atoms with E-state index in [0.29, 0.717) is 0 Å². The molecule has 2 aromatic rings. The lowest BCUT2D eigenvalue weighted by Gasteiger charge is -2.19. The maximum absolute atomic E-state index is 12.8. The summed E-state index contributed by atoms with van der Waals surface area (Å²) in [5.41, 5.74) is -1.10. The summed E-state index contributed by atoms with van der Waals surface area (Å²) in [7, 11) is 0. The fourth-order valence-corrected chi connectivity index (χ4v) is 2.76. The van der Waals surface area contributed by atoms with E-state index in [4.69, 9.17) is 0 Å². The monoisotopic (exact) mass is 358 g/mol. The van der Waals surface area contributed by atoms with Gasteiger partial charge < -0.3 is 10.4 Å². The molecule has 2 rings (SSSR count).